The van der Waals surface area contributed by atoms with Gasteiger partial charge in [0, 0.05) is 35.7 Å². The van der Waals surface area contributed by atoms with Crippen molar-refractivity contribution in [2.45, 2.75) is 51.9 Å². The van der Waals surface area contributed by atoms with E-state index in [1.54, 1.807) is 0 Å². The molecule has 1 atom stereocenters. The van der Waals surface area contributed by atoms with Gasteiger partial charge in [0.1, 0.15) is 0 Å². The highest BCUT2D eigenvalue weighted by atomic mass is 127. The topological polar surface area (TPSA) is 25.4 Å². The van der Waals surface area contributed by atoms with E-state index in [0.717, 1.165) is 19.7 Å². The SMILES string of the molecule is CC(C)(C)[Si](C)(C)OC[C@@H]1CCN(Cc2cncc(I)c2)C1. The van der Waals surface area contributed by atoms with E-state index in [0.29, 0.717) is 11.0 Å². The fourth-order valence-corrected chi connectivity index (χ4v) is 4.18. The Kier molecular flexibility index (Phi) is 6.07. The number of pyridine rings is 1. The Balaban J connectivity index is 1.81. The predicted molar refractivity (Wildman–Crippen MR) is 103 cm³/mol. The zero-order valence-corrected chi connectivity index (χ0v) is 17.7. The van der Waals surface area contributed by atoms with Crippen LogP contribution in [0.1, 0.15) is 32.8 Å². The Morgan fingerprint density at radius 2 is 2.09 bits per heavy atom. The minimum Gasteiger partial charge on any atom is -0.416 e. The molecule has 1 aromatic heterocycles. The molecule has 0 N–H and O–H groups in total. The first kappa shape index (κ1) is 18.4. The van der Waals surface area contributed by atoms with E-state index in [1.807, 2.05) is 12.4 Å². The van der Waals surface area contributed by atoms with Crippen LogP contribution >= 0.6 is 22.6 Å². The van der Waals surface area contributed by atoms with Gasteiger partial charge in [0.15, 0.2) is 8.32 Å². The van der Waals surface area contributed by atoms with Gasteiger partial charge in [-0.05, 0) is 71.2 Å². The second-order valence-corrected chi connectivity index (χ2v) is 14.0. The molecule has 0 amide bonds. The summed E-state index contributed by atoms with van der Waals surface area (Å²) in [4.78, 5) is 6.82. The summed E-state index contributed by atoms with van der Waals surface area (Å²) < 4.78 is 7.61. The van der Waals surface area contributed by atoms with Gasteiger partial charge in [0.25, 0.3) is 0 Å². The van der Waals surface area contributed by atoms with Crippen molar-refractivity contribution in [1.82, 2.24) is 9.88 Å². The summed E-state index contributed by atoms with van der Waals surface area (Å²) in [6, 6.07) is 2.23. The maximum Gasteiger partial charge on any atom is 0.191 e. The zero-order chi connectivity index (χ0) is 16.4. The molecule has 1 fully saturated rings. The smallest absolute Gasteiger partial charge is 0.191 e. The lowest BCUT2D eigenvalue weighted by molar-refractivity contribution is 0.221. The summed E-state index contributed by atoms with van der Waals surface area (Å²) in [7, 11) is -1.61. The molecule has 0 bridgehead atoms. The Morgan fingerprint density at radius 1 is 1.36 bits per heavy atom. The lowest BCUT2D eigenvalue weighted by Gasteiger charge is -2.37. The van der Waals surface area contributed by atoms with Crippen LogP contribution in [0, 0.1) is 9.49 Å². The van der Waals surface area contributed by atoms with E-state index in [1.165, 1.54) is 22.1 Å². The van der Waals surface area contributed by atoms with Crippen LogP contribution in [-0.2, 0) is 11.0 Å². The average molecular weight is 432 g/mol. The minimum absolute atomic E-state index is 0.303. The molecular weight excluding hydrogens is 403 g/mol. The molecule has 1 saturated heterocycles. The molecule has 1 aromatic rings. The van der Waals surface area contributed by atoms with Crippen molar-refractivity contribution in [1.29, 1.82) is 0 Å². The molecule has 0 saturated carbocycles. The summed E-state index contributed by atoms with van der Waals surface area (Å²) in [5, 5.41) is 0.303. The van der Waals surface area contributed by atoms with E-state index in [-0.39, 0.29) is 0 Å². The fraction of sp³-hybridized carbons (Fsp3) is 0.706. The first-order chi connectivity index (χ1) is 10.2. The van der Waals surface area contributed by atoms with Gasteiger partial charge in [0.05, 0.1) is 0 Å². The first-order valence-electron chi connectivity index (χ1n) is 8.13. The quantitative estimate of drug-likeness (QED) is 0.505. The molecule has 1 aliphatic heterocycles. The van der Waals surface area contributed by atoms with Crippen LogP contribution in [0.15, 0.2) is 18.5 Å². The monoisotopic (exact) mass is 432 g/mol. The molecule has 1 aliphatic rings. The number of nitrogens with zero attached hydrogens (tertiary/aromatic N) is 2. The number of hydrogen-bond donors (Lipinski definition) is 0. The molecule has 0 aromatic carbocycles. The van der Waals surface area contributed by atoms with Gasteiger partial charge in [-0.1, -0.05) is 20.8 Å². The van der Waals surface area contributed by atoms with Crippen molar-refractivity contribution in [2.75, 3.05) is 19.7 Å². The highest BCUT2D eigenvalue weighted by Crippen LogP contribution is 2.37. The summed E-state index contributed by atoms with van der Waals surface area (Å²) in [6.45, 7) is 15.9. The molecule has 0 radical (unpaired) electrons. The Morgan fingerprint density at radius 3 is 2.73 bits per heavy atom. The molecule has 0 spiro atoms. The van der Waals surface area contributed by atoms with E-state index >= 15 is 0 Å². The van der Waals surface area contributed by atoms with Crippen LogP contribution < -0.4 is 0 Å². The van der Waals surface area contributed by atoms with Gasteiger partial charge >= 0.3 is 0 Å². The molecule has 0 unspecified atom stereocenters. The number of aromatic nitrogens is 1. The van der Waals surface area contributed by atoms with Crippen molar-refractivity contribution in [2.24, 2.45) is 5.92 Å². The predicted octanol–water partition coefficient (Wildman–Crippen LogP) is 4.53. The zero-order valence-electron chi connectivity index (χ0n) is 14.5. The summed E-state index contributed by atoms with van der Waals surface area (Å²) in [6.07, 6.45) is 5.15. The average Bonchev–Trinajstić information content (AvgIpc) is 2.83. The Bertz CT molecular complexity index is 502. The van der Waals surface area contributed by atoms with Gasteiger partial charge in [-0.2, -0.15) is 0 Å². The number of hydrogen-bond acceptors (Lipinski definition) is 3. The van der Waals surface area contributed by atoms with Crippen LogP contribution in [0.2, 0.25) is 18.1 Å². The summed E-state index contributed by atoms with van der Waals surface area (Å²) in [5.74, 6) is 0.685. The number of rotatable bonds is 5. The molecule has 124 valence electrons. The van der Waals surface area contributed by atoms with Crippen LogP contribution in [0.3, 0.4) is 0 Å². The standard InChI is InChI=1S/C17H29IN2OSi/c1-17(2,3)22(4,5)21-13-14-6-7-20(11-14)12-15-8-16(18)10-19-9-15/h8-10,14H,6-7,11-13H2,1-5H3/t14-/m1/s1. The van der Waals surface area contributed by atoms with Crippen LogP contribution in [0.4, 0.5) is 0 Å². The van der Waals surface area contributed by atoms with Gasteiger partial charge in [-0.15, -0.1) is 0 Å². The molecular formula is C17H29IN2OSi. The van der Waals surface area contributed by atoms with Crippen molar-refractivity contribution in [3.63, 3.8) is 0 Å². The minimum atomic E-state index is -1.61. The molecule has 2 heterocycles. The summed E-state index contributed by atoms with van der Waals surface area (Å²) >= 11 is 2.33. The molecule has 2 rings (SSSR count). The normalized spacial score (nSPS) is 20.5. The van der Waals surface area contributed by atoms with E-state index in [4.69, 9.17) is 4.43 Å². The molecule has 22 heavy (non-hydrogen) atoms. The third-order valence-corrected chi connectivity index (χ3v) is 10.1. The van der Waals surface area contributed by atoms with E-state index in [9.17, 15) is 0 Å². The Labute approximate surface area is 150 Å². The second-order valence-electron chi connectivity index (χ2n) is 7.97. The fourth-order valence-electron chi connectivity index (χ4n) is 2.54. The van der Waals surface area contributed by atoms with Crippen molar-refractivity contribution >= 4 is 30.9 Å². The highest BCUT2D eigenvalue weighted by Gasteiger charge is 2.38. The van der Waals surface area contributed by atoms with Crippen LogP contribution in [0.5, 0.6) is 0 Å². The molecule has 0 aliphatic carbocycles. The maximum absolute atomic E-state index is 6.39. The van der Waals surface area contributed by atoms with E-state index < -0.39 is 8.32 Å². The highest BCUT2D eigenvalue weighted by molar-refractivity contribution is 14.1. The lowest BCUT2D eigenvalue weighted by atomic mass is 10.1. The third-order valence-electron chi connectivity index (χ3n) is 5.02. The maximum atomic E-state index is 6.39. The molecule has 5 heteroatoms. The third kappa shape index (κ3) is 5.01. The van der Waals surface area contributed by atoms with Gasteiger partial charge in [0.2, 0.25) is 0 Å². The second kappa shape index (κ2) is 7.28. The van der Waals surface area contributed by atoms with E-state index in [2.05, 4.69) is 72.4 Å². The van der Waals surface area contributed by atoms with Crippen LogP contribution in [0.25, 0.3) is 0 Å². The van der Waals surface area contributed by atoms with Gasteiger partial charge in [-0.3, -0.25) is 9.88 Å². The van der Waals surface area contributed by atoms with Crippen molar-refractivity contribution < 1.29 is 4.43 Å². The van der Waals surface area contributed by atoms with Gasteiger partial charge < -0.3 is 4.43 Å². The first-order valence-corrected chi connectivity index (χ1v) is 12.1. The van der Waals surface area contributed by atoms with Gasteiger partial charge in [-0.25, -0.2) is 0 Å². The molecule has 3 nitrogen and oxygen atoms in total. The lowest BCUT2D eigenvalue weighted by Crippen LogP contribution is -2.42. The number of likely N-dealkylation sites (tertiary alicyclic amines) is 1. The van der Waals surface area contributed by atoms with Crippen molar-refractivity contribution in [3.05, 3.63) is 27.6 Å². The Hall–Kier alpha value is 0.0169. The number of halogens is 1. The van der Waals surface area contributed by atoms with Crippen molar-refractivity contribution in [3.8, 4) is 0 Å². The largest absolute Gasteiger partial charge is 0.416 e. The van der Waals surface area contributed by atoms with Crippen LogP contribution in [-0.4, -0.2) is 37.9 Å². The summed E-state index contributed by atoms with van der Waals surface area (Å²) in [5.41, 5.74) is 1.32.